The number of alkyl halides is 9. The predicted molar refractivity (Wildman–Crippen MR) is 100 cm³/mol. The summed E-state index contributed by atoms with van der Waals surface area (Å²) in [6.45, 7) is 0. The fourth-order valence-corrected chi connectivity index (χ4v) is 5.08. The van der Waals surface area contributed by atoms with Crippen molar-refractivity contribution in [1.82, 2.24) is 0 Å². The van der Waals surface area contributed by atoms with Crippen LogP contribution < -0.4 is 28.3 Å². The van der Waals surface area contributed by atoms with Crippen LogP contribution in [0.2, 0.25) is 0 Å². The molecule has 0 spiro atoms. The van der Waals surface area contributed by atoms with Crippen LogP contribution in [0, 0.1) is 0 Å². The van der Waals surface area contributed by atoms with Crippen LogP contribution in [0.4, 0.5) is 39.5 Å². The number of hydrogen-bond acceptors (Lipinski definition) is 0. The van der Waals surface area contributed by atoms with Crippen LogP contribution in [0.3, 0.4) is 0 Å². The molecule has 0 bridgehead atoms. The zero-order valence-electron chi connectivity index (χ0n) is 16.0. The van der Waals surface area contributed by atoms with E-state index in [1.807, 2.05) is 0 Å². The summed E-state index contributed by atoms with van der Waals surface area (Å²) in [6.07, 6.45) is -13.7. The topological polar surface area (TPSA) is 0 Å². The van der Waals surface area contributed by atoms with Crippen LogP contribution in [0.25, 0.3) is 0 Å². The smallest absolute Gasteiger partial charge is 1.00 e. The van der Waals surface area contributed by atoms with Gasteiger partial charge in [-0.2, -0.15) is 39.5 Å². The van der Waals surface area contributed by atoms with Crippen LogP contribution in [0.15, 0.2) is 72.8 Å². The van der Waals surface area contributed by atoms with E-state index in [1.54, 1.807) is 0 Å². The molecule has 0 fully saturated rings. The predicted octanol–water partition coefficient (Wildman–Crippen LogP) is 3.50. The first-order valence-electron chi connectivity index (χ1n) is 8.59. The Balaban J connectivity index is 0.00000272. The van der Waals surface area contributed by atoms with Gasteiger partial charge in [0.25, 0.3) is 0 Å². The Hall–Kier alpha value is -1.51. The molecule has 3 aromatic rings. The second-order valence-electron chi connectivity index (χ2n) is 6.47. The monoisotopic (exact) mass is 698 g/mol. The standard InChI is InChI=1S/C21H12F9P.Au.ClH/c22-19(23,24)13-1-7-16(8-2-13)31(17-9-3-14(4-10-17)20(25,26)27)18-11-5-15(6-12-18)21(28,29)30;;/h1-12H;;1H/q;+1;/p-1. The molecule has 182 valence electrons. The Kier molecular flexibility index (Phi) is 9.69. The third kappa shape index (κ3) is 7.23. The molecule has 0 amide bonds. The maximum atomic E-state index is 12.9. The van der Waals surface area contributed by atoms with Gasteiger partial charge in [-0.1, -0.05) is 36.4 Å². The summed E-state index contributed by atoms with van der Waals surface area (Å²) in [5.41, 5.74) is -2.73. The molecule has 0 unspecified atom stereocenters. The Morgan fingerprint density at radius 2 is 0.576 bits per heavy atom. The van der Waals surface area contributed by atoms with Crippen molar-refractivity contribution in [2.45, 2.75) is 18.5 Å². The molecule has 0 heterocycles. The number of halogens is 10. The van der Waals surface area contributed by atoms with Crippen molar-refractivity contribution < 1.29 is 74.3 Å². The van der Waals surface area contributed by atoms with E-state index in [4.69, 9.17) is 0 Å². The van der Waals surface area contributed by atoms with E-state index in [0.717, 1.165) is 36.4 Å². The molecule has 0 radical (unpaired) electrons. The van der Waals surface area contributed by atoms with Crippen LogP contribution in [0.5, 0.6) is 0 Å². The maximum absolute atomic E-state index is 12.9. The van der Waals surface area contributed by atoms with Crippen molar-refractivity contribution in [1.29, 1.82) is 0 Å². The molecule has 0 atom stereocenters. The van der Waals surface area contributed by atoms with Crippen LogP contribution >= 0.6 is 7.92 Å². The molecule has 3 aromatic carbocycles. The largest absolute Gasteiger partial charge is 1.00 e. The molecule has 0 aliphatic rings. The number of rotatable bonds is 3. The van der Waals surface area contributed by atoms with Gasteiger partial charge < -0.3 is 12.4 Å². The van der Waals surface area contributed by atoms with Crippen molar-refractivity contribution >= 4 is 23.8 Å². The molecule has 33 heavy (non-hydrogen) atoms. The van der Waals surface area contributed by atoms with Gasteiger partial charge in [0.05, 0.1) is 16.7 Å². The Labute approximate surface area is 205 Å². The average Bonchev–Trinajstić information content (AvgIpc) is 2.67. The van der Waals surface area contributed by atoms with E-state index in [2.05, 4.69) is 0 Å². The first-order valence-corrected chi connectivity index (χ1v) is 9.93. The van der Waals surface area contributed by atoms with E-state index >= 15 is 0 Å². The van der Waals surface area contributed by atoms with Crippen molar-refractivity contribution in [2.24, 2.45) is 0 Å². The van der Waals surface area contributed by atoms with Crippen molar-refractivity contribution in [3.05, 3.63) is 89.5 Å². The van der Waals surface area contributed by atoms with Crippen molar-refractivity contribution in [2.75, 3.05) is 0 Å². The SMILES string of the molecule is FC(F)(F)c1ccc(P(c2ccc(C(F)(F)F)cc2)c2ccc(C(F)(F)F)cc2)cc1.[Au+].[Cl-]. The van der Waals surface area contributed by atoms with Gasteiger partial charge in [0.15, 0.2) is 0 Å². The van der Waals surface area contributed by atoms with Gasteiger partial charge in [-0.3, -0.25) is 0 Å². The zero-order chi connectivity index (χ0) is 23.0. The van der Waals surface area contributed by atoms with E-state index in [9.17, 15) is 39.5 Å². The molecule has 0 aromatic heterocycles. The van der Waals surface area contributed by atoms with E-state index in [-0.39, 0.29) is 34.8 Å². The summed E-state index contributed by atoms with van der Waals surface area (Å²) < 4.78 is 116. The Morgan fingerprint density at radius 3 is 0.727 bits per heavy atom. The van der Waals surface area contributed by atoms with Crippen molar-refractivity contribution in [3.8, 4) is 0 Å². The van der Waals surface area contributed by atoms with Crippen LogP contribution in [-0.2, 0) is 40.9 Å². The normalized spacial score (nSPS) is 12.2. The minimum Gasteiger partial charge on any atom is -1.00 e. The maximum Gasteiger partial charge on any atom is 1.00 e. The number of benzene rings is 3. The molecule has 0 aliphatic heterocycles. The van der Waals surface area contributed by atoms with Gasteiger partial charge in [0.1, 0.15) is 0 Å². The molecule has 0 nitrogen and oxygen atoms in total. The number of hydrogen-bond donors (Lipinski definition) is 0. The summed E-state index contributed by atoms with van der Waals surface area (Å²) in [6, 6.07) is 12.1. The molecule has 0 saturated heterocycles. The van der Waals surface area contributed by atoms with Gasteiger partial charge in [0.2, 0.25) is 0 Å². The summed E-state index contributed by atoms with van der Waals surface area (Å²) in [4.78, 5) is 0. The van der Waals surface area contributed by atoms with Gasteiger partial charge >= 0.3 is 40.9 Å². The second kappa shape index (κ2) is 10.8. The third-order valence-electron chi connectivity index (χ3n) is 4.36. The molecule has 0 saturated carbocycles. The average molecular weight is 699 g/mol. The minimum atomic E-state index is -4.58. The van der Waals surface area contributed by atoms with Gasteiger partial charge in [0, 0.05) is 0 Å². The van der Waals surface area contributed by atoms with Crippen LogP contribution in [0.1, 0.15) is 16.7 Å². The third-order valence-corrected chi connectivity index (χ3v) is 6.80. The molecule has 0 aliphatic carbocycles. The Morgan fingerprint density at radius 1 is 0.394 bits per heavy atom. The van der Waals surface area contributed by atoms with E-state index < -0.39 is 43.1 Å². The molecular weight excluding hydrogens is 687 g/mol. The quantitative estimate of drug-likeness (QED) is 0.224. The van der Waals surface area contributed by atoms with Gasteiger partial charge in [-0.15, -0.1) is 0 Å². The first-order chi connectivity index (χ1) is 14.3. The van der Waals surface area contributed by atoms with Crippen LogP contribution in [-0.4, -0.2) is 0 Å². The second-order valence-corrected chi connectivity index (χ2v) is 8.69. The zero-order valence-corrected chi connectivity index (χ0v) is 19.8. The summed E-state index contributed by atoms with van der Waals surface area (Å²) in [7, 11) is -1.69. The van der Waals surface area contributed by atoms with E-state index in [0.29, 0.717) is 15.9 Å². The Bertz CT molecular complexity index is 890. The summed E-state index contributed by atoms with van der Waals surface area (Å²) in [5, 5.41) is 1.05. The molecular formula is C21H12AuClF9P. The minimum absolute atomic E-state index is 0. The summed E-state index contributed by atoms with van der Waals surface area (Å²) >= 11 is 0. The van der Waals surface area contributed by atoms with Gasteiger partial charge in [-0.05, 0) is 60.2 Å². The molecule has 12 heteroatoms. The summed E-state index contributed by atoms with van der Waals surface area (Å²) in [5.74, 6) is 0. The fourth-order valence-electron chi connectivity index (χ4n) is 2.85. The fraction of sp³-hybridized carbons (Fsp3) is 0.143. The molecule has 0 N–H and O–H groups in total. The molecule has 3 rings (SSSR count). The van der Waals surface area contributed by atoms with Gasteiger partial charge in [-0.25, -0.2) is 0 Å². The van der Waals surface area contributed by atoms with Crippen molar-refractivity contribution in [3.63, 3.8) is 0 Å². The van der Waals surface area contributed by atoms with E-state index in [1.165, 1.54) is 36.4 Å². The first kappa shape index (κ1) is 29.5.